The van der Waals surface area contributed by atoms with Crippen LogP contribution in [0.5, 0.6) is 5.75 Å². The zero-order valence-corrected chi connectivity index (χ0v) is 11.5. The number of hydrogen-bond acceptors (Lipinski definition) is 3. The van der Waals surface area contributed by atoms with Gasteiger partial charge in [0.25, 0.3) is 0 Å². The molecule has 0 spiro atoms. The summed E-state index contributed by atoms with van der Waals surface area (Å²) in [5, 5.41) is 5.87. The average Bonchev–Trinajstić information content (AvgIpc) is 2.36. The van der Waals surface area contributed by atoms with Gasteiger partial charge in [0.1, 0.15) is 5.75 Å². The maximum absolute atomic E-state index is 11.9. The summed E-state index contributed by atoms with van der Waals surface area (Å²) in [6, 6.07) is 7.74. The lowest BCUT2D eigenvalue weighted by Crippen LogP contribution is -2.50. The summed E-state index contributed by atoms with van der Waals surface area (Å²) in [5.41, 5.74) is 0.471. The molecule has 0 aromatic heterocycles. The molecule has 1 aromatic rings. The van der Waals surface area contributed by atoms with Crippen LogP contribution in [-0.4, -0.2) is 25.1 Å². The Balaban J connectivity index is 2.58. The fourth-order valence-electron chi connectivity index (χ4n) is 1.43. The van der Waals surface area contributed by atoms with E-state index in [1.165, 1.54) is 0 Å². The number of carbonyl (C=O) groups is 1. The molecule has 1 amide bonds. The average molecular weight is 250 g/mol. The van der Waals surface area contributed by atoms with Crippen LogP contribution in [0.3, 0.4) is 0 Å². The molecule has 0 aliphatic heterocycles. The van der Waals surface area contributed by atoms with Crippen molar-refractivity contribution in [3.63, 3.8) is 0 Å². The first-order chi connectivity index (χ1) is 8.49. The van der Waals surface area contributed by atoms with Crippen LogP contribution < -0.4 is 15.4 Å². The second-order valence-corrected chi connectivity index (χ2v) is 4.64. The van der Waals surface area contributed by atoms with Gasteiger partial charge in [0.2, 0.25) is 5.91 Å². The van der Waals surface area contributed by atoms with Crippen LogP contribution in [0.25, 0.3) is 0 Å². The van der Waals surface area contributed by atoms with Gasteiger partial charge in [-0.2, -0.15) is 0 Å². The van der Waals surface area contributed by atoms with Crippen LogP contribution in [0, 0.1) is 0 Å². The van der Waals surface area contributed by atoms with Gasteiger partial charge in [-0.05, 0) is 45.5 Å². The maximum atomic E-state index is 11.9. The lowest BCUT2D eigenvalue weighted by atomic mass is 10.1. The lowest BCUT2D eigenvalue weighted by Gasteiger charge is -2.22. The quantitative estimate of drug-likeness (QED) is 0.808. The van der Waals surface area contributed by atoms with Gasteiger partial charge in [0.05, 0.1) is 12.1 Å². The molecule has 18 heavy (non-hydrogen) atoms. The minimum Gasteiger partial charge on any atom is -0.494 e. The Kier molecular flexibility index (Phi) is 5.16. The van der Waals surface area contributed by atoms with Gasteiger partial charge >= 0.3 is 0 Å². The van der Waals surface area contributed by atoms with Gasteiger partial charge in [-0.15, -0.1) is 0 Å². The van der Waals surface area contributed by atoms with E-state index in [2.05, 4.69) is 10.6 Å². The Bertz CT molecular complexity index is 403. The molecule has 0 bridgehead atoms. The highest BCUT2D eigenvalue weighted by Gasteiger charge is 2.24. The van der Waals surface area contributed by atoms with Crippen LogP contribution in [0.15, 0.2) is 24.3 Å². The van der Waals surface area contributed by atoms with Crippen molar-refractivity contribution in [1.29, 1.82) is 0 Å². The van der Waals surface area contributed by atoms with E-state index in [9.17, 15) is 4.79 Å². The molecular weight excluding hydrogens is 228 g/mol. The van der Waals surface area contributed by atoms with Crippen LogP contribution >= 0.6 is 0 Å². The highest BCUT2D eigenvalue weighted by Crippen LogP contribution is 2.13. The molecule has 4 nitrogen and oxygen atoms in total. The number of nitrogens with one attached hydrogen (secondary N) is 2. The molecule has 0 saturated heterocycles. The third kappa shape index (κ3) is 4.04. The Morgan fingerprint density at radius 1 is 1.39 bits per heavy atom. The minimum atomic E-state index is -0.558. The smallest absolute Gasteiger partial charge is 0.239 e. The summed E-state index contributed by atoms with van der Waals surface area (Å²) in [6.07, 6.45) is 0. The molecule has 4 heteroatoms. The molecule has 1 aromatic carbocycles. The maximum Gasteiger partial charge on any atom is 0.239 e. The van der Waals surface area contributed by atoms with Crippen molar-refractivity contribution >= 4 is 5.91 Å². The molecule has 2 N–H and O–H groups in total. The fraction of sp³-hybridized carbons (Fsp3) is 0.500. The first-order valence-corrected chi connectivity index (χ1v) is 6.18. The standard InChI is InChI=1S/C14H22N2O2/c1-5-18-12-8-6-7-11(9-12)10-16-13(17)14(2,3)15-4/h6-9,15H,5,10H2,1-4H3,(H,16,17). The van der Waals surface area contributed by atoms with Crippen molar-refractivity contribution in [3.8, 4) is 5.75 Å². The largest absolute Gasteiger partial charge is 0.494 e. The number of likely N-dealkylation sites (N-methyl/N-ethyl adjacent to an activating group) is 1. The number of rotatable bonds is 6. The van der Waals surface area contributed by atoms with Crippen LogP contribution in [-0.2, 0) is 11.3 Å². The van der Waals surface area contributed by atoms with Crippen molar-refractivity contribution in [2.75, 3.05) is 13.7 Å². The third-order valence-corrected chi connectivity index (χ3v) is 2.86. The topological polar surface area (TPSA) is 50.4 Å². The van der Waals surface area contributed by atoms with E-state index in [1.54, 1.807) is 7.05 Å². The summed E-state index contributed by atoms with van der Waals surface area (Å²) in [6.45, 7) is 6.79. The van der Waals surface area contributed by atoms with E-state index in [-0.39, 0.29) is 5.91 Å². The van der Waals surface area contributed by atoms with Gasteiger partial charge in [0, 0.05) is 6.54 Å². The molecule has 100 valence electrons. The van der Waals surface area contributed by atoms with Crippen molar-refractivity contribution in [3.05, 3.63) is 29.8 Å². The van der Waals surface area contributed by atoms with Crippen molar-refractivity contribution in [2.24, 2.45) is 0 Å². The predicted molar refractivity (Wildman–Crippen MR) is 72.6 cm³/mol. The molecule has 0 atom stereocenters. The summed E-state index contributed by atoms with van der Waals surface area (Å²) < 4.78 is 5.42. The first kappa shape index (κ1) is 14.5. The second kappa shape index (κ2) is 6.40. The summed E-state index contributed by atoms with van der Waals surface area (Å²) >= 11 is 0. The zero-order valence-electron chi connectivity index (χ0n) is 11.5. The first-order valence-electron chi connectivity index (χ1n) is 6.18. The Morgan fingerprint density at radius 2 is 2.11 bits per heavy atom. The van der Waals surface area contributed by atoms with E-state index in [0.29, 0.717) is 13.2 Å². The van der Waals surface area contributed by atoms with Gasteiger partial charge in [0.15, 0.2) is 0 Å². The van der Waals surface area contributed by atoms with E-state index < -0.39 is 5.54 Å². The third-order valence-electron chi connectivity index (χ3n) is 2.86. The molecule has 0 aliphatic carbocycles. The van der Waals surface area contributed by atoms with E-state index >= 15 is 0 Å². The number of hydrogen-bond donors (Lipinski definition) is 2. The van der Waals surface area contributed by atoms with Crippen molar-refractivity contribution in [1.82, 2.24) is 10.6 Å². The molecule has 0 aliphatic rings. The molecule has 0 radical (unpaired) electrons. The number of benzene rings is 1. The minimum absolute atomic E-state index is 0.0215. The second-order valence-electron chi connectivity index (χ2n) is 4.64. The van der Waals surface area contributed by atoms with Crippen molar-refractivity contribution < 1.29 is 9.53 Å². The Hall–Kier alpha value is -1.55. The molecule has 0 heterocycles. The zero-order chi connectivity index (χ0) is 13.6. The monoisotopic (exact) mass is 250 g/mol. The number of amides is 1. The van der Waals surface area contributed by atoms with Crippen LogP contribution in [0.2, 0.25) is 0 Å². The highest BCUT2D eigenvalue weighted by molar-refractivity contribution is 5.85. The summed E-state index contributed by atoms with van der Waals surface area (Å²) in [5.74, 6) is 0.809. The van der Waals surface area contributed by atoms with Gasteiger partial charge in [-0.1, -0.05) is 12.1 Å². The summed E-state index contributed by atoms with van der Waals surface area (Å²) in [7, 11) is 1.77. The van der Waals surface area contributed by atoms with Crippen molar-refractivity contribution in [2.45, 2.75) is 32.9 Å². The van der Waals surface area contributed by atoms with E-state index in [4.69, 9.17) is 4.74 Å². The van der Waals surface area contributed by atoms with E-state index in [1.807, 2.05) is 45.0 Å². The SMILES string of the molecule is CCOc1cccc(CNC(=O)C(C)(C)NC)c1. The molecular formula is C14H22N2O2. The van der Waals surface area contributed by atoms with Crippen LogP contribution in [0.4, 0.5) is 0 Å². The lowest BCUT2D eigenvalue weighted by molar-refractivity contribution is -0.126. The normalized spacial score (nSPS) is 11.1. The van der Waals surface area contributed by atoms with E-state index in [0.717, 1.165) is 11.3 Å². The van der Waals surface area contributed by atoms with Gasteiger partial charge in [-0.25, -0.2) is 0 Å². The number of ether oxygens (including phenoxy) is 1. The van der Waals surface area contributed by atoms with Gasteiger partial charge < -0.3 is 15.4 Å². The molecule has 0 saturated carbocycles. The summed E-state index contributed by atoms with van der Waals surface area (Å²) in [4.78, 5) is 11.9. The Morgan fingerprint density at radius 3 is 2.72 bits per heavy atom. The highest BCUT2D eigenvalue weighted by atomic mass is 16.5. The fourth-order valence-corrected chi connectivity index (χ4v) is 1.43. The molecule has 0 fully saturated rings. The molecule has 0 unspecified atom stereocenters. The van der Waals surface area contributed by atoms with Crippen LogP contribution in [0.1, 0.15) is 26.3 Å². The molecule has 1 rings (SSSR count). The Labute approximate surface area is 109 Å². The predicted octanol–water partition coefficient (Wildman–Crippen LogP) is 1.70. The number of carbonyl (C=O) groups excluding carboxylic acids is 1. The van der Waals surface area contributed by atoms with Gasteiger partial charge in [-0.3, -0.25) is 4.79 Å².